The van der Waals surface area contributed by atoms with Crippen molar-refractivity contribution >= 4 is 23.4 Å². The molecule has 2 aromatic carbocycles. The molecule has 0 saturated heterocycles. The summed E-state index contributed by atoms with van der Waals surface area (Å²) >= 11 is 0. The van der Waals surface area contributed by atoms with Crippen LogP contribution in [0.2, 0.25) is 0 Å². The van der Waals surface area contributed by atoms with Gasteiger partial charge in [0.15, 0.2) is 0 Å². The fraction of sp³-hybridized carbons (Fsp3) is 0.136. The quantitative estimate of drug-likeness (QED) is 0.586. The van der Waals surface area contributed by atoms with Gasteiger partial charge in [-0.15, -0.1) is 0 Å². The summed E-state index contributed by atoms with van der Waals surface area (Å²) in [5.41, 5.74) is 2.29. The van der Waals surface area contributed by atoms with Gasteiger partial charge in [0.1, 0.15) is 11.6 Å². The molecule has 0 spiro atoms. The molecule has 0 aliphatic heterocycles. The van der Waals surface area contributed by atoms with Crippen molar-refractivity contribution < 1.29 is 18.7 Å². The zero-order valence-corrected chi connectivity index (χ0v) is 15.8. The standard InChI is InChI=1S/C22H20FN3O3/c1-2-29-22(28)16-5-9-19(10-6-16)26-21(27)17-11-12-24-20(13-17)25-14-15-3-7-18(23)8-4-15/h3-13H,2,14H2,1H3,(H,24,25)(H,26,27). The van der Waals surface area contributed by atoms with E-state index in [-0.39, 0.29) is 11.7 Å². The predicted octanol–water partition coefficient (Wildman–Crippen LogP) is 4.26. The van der Waals surface area contributed by atoms with Crippen LogP contribution in [0.15, 0.2) is 66.9 Å². The monoisotopic (exact) mass is 393 g/mol. The van der Waals surface area contributed by atoms with Gasteiger partial charge in [0.25, 0.3) is 5.91 Å². The predicted molar refractivity (Wildman–Crippen MR) is 108 cm³/mol. The Hall–Kier alpha value is -3.74. The zero-order valence-electron chi connectivity index (χ0n) is 15.8. The third-order valence-corrected chi connectivity index (χ3v) is 4.06. The van der Waals surface area contributed by atoms with Gasteiger partial charge in [0.05, 0.1) is 12.2 Å². The highest BCUT2D eigenvalue weighted by atomic mass is 19.1. The smallest absolute Gasteiger partial charge is 0.338 e. The number of pyridine rings is 1. The summed E-state index contributed by atoms with van der Waals surface area (Å²) in [6.07, 6.45) is 1.53. The van der Waals surface area contributed by atoms with Gasteiger partial charge >= 0.3 is 5.97 Å². The molecule has 1 amide bonds. The Morgan fingerprint density at radius 1 is 1.00 bits per heavy atom. The first-order chi connectivity index (χ1) is 14.0. The second-order valence-electron chi connectivity index (χ2n) is 6.16. The molecule has 0 bridgehead atoms. The van der Waals surface area contributed by atoms with Crippen LogP contribution in [-0.2, 0) is 11.3 Å². The van der Waals surface area contributed by atoms with Gasteiger partial charge in [0, 0.05) is 24.0 Å². The number of nitrogens with zero attached hydrogens (tertiary/aromatic N) is 1. The summed E-state index contributed by atoms with van der Waals surface area (Å²) in [7, 11) is 0. The summed E-state index contributed by atoms with van der Waals surface area (Å²) in [5, 5.41) is 5.88. The summed E-state index contributed by atoms with van der Waals surface area (Å²) in [5.74, 6) is -0.474. The lowest BCUT2D eigenvalue weighted by atomic mass is 10.2. The number of benzene rings is 2. The number of aromatic nitrogens is 1. The largest absolute Gasteiger partial charge is 0.462 e. The molecule has 148 valence electrons. The zero-order chi connectivity index (χ0) is 20.6. The Morgan fingerprint density at radius 2 is 1.72 bits per heavy atom. The Morgan fingerprint density at radius 3 is 2.41 bits per heavy atom. The first kappa shape index (κ1) is 20.0. The topological polar surface area (TPSA) is 80.3 Å². The van der Waals surface area contributed by atoms with Gasteiger partial charge < -0.3 is 15.4 Å². The van der Waals surface area contributed by atoms with E-state index in [9.17, 15) is 14.0 Å². The van der Waals surface area contributed by atoms with E-state index < -0.39 is 5.97 Å². The molecule has 29 heavy (non-hydrogen) atoms. The van der Waals surface area contributed by atoms with E-state index in [2.05, 4.69) is 15.6 Å². The average molecular weight is 393 g/mol. The number of esters is 1. The van der Waals surface area contributed by atoms with Crippen molar-refractivity contribution in [2.24, 2.45) is 0 Å². The van der Waals surface area contributed by atoms with Crippen LogP contribution < -0.4 is 10.6 Å². The number of anilines is 2. The second-order valence-corrected chi connectivity index (χ2v) is 6.16. The normalized spacial score (nSPS) is 10.3. The molecule has 7 heteroatoms. The molecular formula is C22H20FN3O3. The first-order valence-electron chi connectivity index (χ1n) is 9.08. The van der Waals surface area contributed by atoms with Crippen LogP contribution in [0.3, 0.4) is 0 Å². The van der Waals surface area contributed by atoms with Crippen LogP contribution in [0.25, 0.3) is 0 Å². The van der Waals surface area contributed by atoms with Crippen LogP contribution >= 0.6 is 0 Å². The molecule has 3 aromatic rings. The SMILES string of the molecule is CCOC(=O)c1ccc(NC(=O)c2ccnc(NCc3ccc(F)cc3)c2)cc1. The number of ether oxygens (including phenoxy) is 1. The minimum Gasteiger partial charge on any atom is -0.462 e. The molecule has 2 N–H and O–H groups in total. The molecule has 1 aromatic heterocycles. The van der Waals surface area contributed by atoms with E-state index in [1.807, 2.05) is 0 Å². The maximum atomic E-state index is 13.0. The van der Waals surface area contributed by atoms with Crippen molar-refractivity contribution in [3.05, 3.63) is 89.4 Å². The molecule has 6 nitrogen and oxygen atoms in total. The van der Waals surface area contributed by atoms with Crippen molar-refractivity contribution in [1.82, 2.24) is 4.98 Å². The van der Waals surface area contributed by atoms with Crippen molar-refractivity contribution in [1.29, 1.82) is 0 Å². The maximum absolute atomic E-state index is 13.0. The van der Waals surface area contributed by atoms with E-state index in [1.54, 1.807) is 55.5 Å². The van der Waals surface area contributed by atoms with Crippen LogP contribution in [0.1, 0.15) is 33.2 Å². The molecule has 0 fully saturated rings. The Balaban J connectivity index is 1.61. The van der Waals surface area contributed by atoms with E-state index in [0.717, 1.165) is 5.56 Å². The summed E-state index contributed by atoms with van der Waals surface area (Å²) in [4.78, 5) is 28.4. The molecular weight excluding hydrogens is 373 g/mol. The number of nitrogens with one attached hydrogen (secondary N) is 2. The lowest BCUT2D eigenvalue weighted by Crippen LogP contribution is -2.13. The summed E-state index contributed by atoms with van der Waals surface area (Å²) in [6.45, 7) is 2.49. The van der Waals surface area contributed by atoms with Gasteiger partial charge in [-0.05, 0) is 61.0 Å². The van der Waals surface area contributed by atoms with Gasteiger partial charge in [-0.25, -0.2) is 14.2 Å². The van der Waals surface area contributed by atoms with Crippen LogP contribution in [-0.4, -0.2) is 23.5 Å². The van der Waals surface area contributed by atoms with Crippen molar-refractivity contribution in [2.75, 3.05) is 17.2 Å². The van der Waals surface area contributed by atoms with Crippen molar-refractivity contribution in [3.63, 3.8) is 0 Å². The fourth-order valence-corrected chi connectivity index (χ4v) is 2.57. The van der Waals surface area contributed by atoms with Gasteiger partial charge in [-0.3, -0.25) is 4.79 Å². The number of hydrogen-bond donors (Lipinski definition) is 2. The Labute approximate surface area is 167 Å². The van der Waals surface area contributed by atoms with Crippen LogP contribution in [0, 0.1) is 5.82 Å². The van der Waals surface area contributed by atoms with Crippen LogP contribution in [0.5, 0.6) is 0 Å². The van der Waals surface area contributed by atoms with Crippen molar-refractivity contribution in [2.45, 2.75) is 13.5 Å². The lowest BCUT2D eigenvalue weighted by molar-refractivity contribution is 0.0526. The van der Waals surface area contributed by atoms with Gasteiger partial charge in [0.2, 0.25) is 0 Å². The Bertz CT molecular complexity index is 989. The third-order valence-electron chi connectivity index (χ3n) is 4.06. The lowest BCUT2D eigenvalue weighted by Gasteiger charge is -2.09. The fourth-order valence-electron chi connectivity index (χ4n) is 2.57. The molecule has 0 atom stereocenters. The van der Waals surface area contributed by atoms with Gasteiger partial charge in [-0.1, -0.05) is 12.1 Å². The van der Waals surface area contributed by atoms with Gasteiger partial charge in [-0.2, -0.15) is 0 Å². The minimum absolute atomic E-state index is 0.291. The molecule has 0 aliphatic rings. The molecule has 0 unspecified atom stereocenters. The Kier molecular flexibility index (Phi) is 6.52. The minimum atomic E-state index is -0.406. The summed E-state index contributed by atoms with van der Waals surface area (Å²) < 4.78 is 17.9. The maximum Gasteiger partial charge on any atom is 0.338 e. The number of amides is 1. The summed E-state index contributed by atoms with van der Waals surface area (Å²) in [6, 6.07) is 15.8. The second kappa shape index (κ2) is 9.45. The first-order valence-corrected chi connectivity index (χ1v) is 9.08. The van der Waals surface area contributed by atoms with Crippen molar-refractivity contribution in [3.8, 4) is 0 Å². The highest BCUT2D eigenvalue weighted by molar-refractivity contribution is 6.04. The third kappa shape index (κ3) is 5.62. The highest BCUT2D eigenvalue weighted by Crippen LogP contribution is 2.14. The van der Waals surface area contributed by atoms with E-state index in [1.165, 1.54) is 18.3 Å². The molecule has 0 saturated carbocycles. The number of rotatable bonds is 7. The van der Waals surface area contributed by atoms with Crippen LogP contribution in [0.4, 0.5) is 15.9 Å². The molecule has 1 heterocycles. The average Bonchev–Trinajstić information content (AvgIpc) is 2.74. The number of hydrogen-bond acceptors (Lipinski definition) is 5. The highest BCUT2D eigenvalue weighted by Gasteiger charge is 2.10. The number of carbonyl (C=O) groups is 2. The molecule has 0 aliphatic carbocycles. The van der Waals surface area contributed by atoms with E-state index >= 15 is 0 Å². The van der Waals surface area contributed by atoms with E-state index in [4.69, 9.17) is 4.74 Å². The molecule has 0 radical (unpaired) electrons. The number of carbonyl (C=O) groups excluding carboxylic acids is 2. The number of halogens is 1. The van der Waals surface area contributed by atoms with E-state index in [0.29, 0.717) is 35.8 Å². The molecule has 3 rings (SSSR count).